The molecule has 3 aromatic rings. The van der Waals surface area contributed by atoms with Crippen molar-refractivity contribution in [3.63, 3.8) is 0 Å². The summed E-state index contributed by atoms with van der Waals surface area (Å²) in [5, 5.41) is 3.12. The molecule has 0 bridgehead atoms. The van der Waals surface area contributed by atoms with Gasteiger partial charge in [-0.15, -0.1) is 0 Å². The average molecular weight is 547 g/mol. The second-order valence-corrected chi connectivity index (χ2v) is 13.0. The predicted octanol–water partition coefficient (Wildman–Crippen LogP) is 6.01. The third-order valence-corrected chi connectivity index (χ3v) is 10.5. The molecule has 2 saturated carbocycles. The summed E-state index contributed by atoms with van der Waals surface area (Å²) in [6, 6.07) is 18.7. The van der Waals surface area contributed by atoms with Crippen molar-refractivity contribution < 1.29 is 22.7 Å². The first-order valence-corrected chi connectivity index (χ1v) is 15.1. The maximum atomic E-state index is 13.4. The van der Waals surface area contributed by atoms with E-state index in [1.807, 2.05) is 55.5 Å². The van der Waals surface area contributed by atoms with E-state index in [0.29, 0.717) is 22.1 Å². The summed E-state index contributed by atoms with van der Waals surface area (Å²) in [5.74, 6) is 1.35. The van der Waals surface area contributed by atoms with E-state index in [1.165, 1.54) is 6.42 Å². The monoisotopic (exact) mass is 546 g/mol. The van der Waals surface area contributed by atoms with E-state index in [-0.39, 0.29) is 18.7 Å². The topological polar surface area (TPSA) is 84.9 Å². The van der Waals surface area contributed by atoms with E-state index in [9.17, 15) is 13.2 Å². The number of rotatable bonds is 7. The van der Waals surface area contributed by atoms with Gasteiger partial charge >= 0.3 is 0 Å². The lowest BCUT2D eigenvalue weighted by Crippen LogP contribution is -2.38. The molecule has 7 nitrogen and oxygen atoms in total. The van der Waals surface area contributed by atoms with Crippen molar-refractivity contribution >= 4 is 21.6 Å². The number of benzene rings is 3. The molecular formula is C31H34N2O5S. The molecule has 2 aliphatic carbocycles. The Labute approximate surface area is 230 Å². The first-order valence-electron chi connectivity index (χ1n) is 13.7. The molecule has 1 aliphatic heterocycles. The van der Waals surface area contributed by atoms with Crippen LogP contribution in [0.25, 0.3) is 11.1 Å². The number of anilines is 1. The number of fused-ring (bicyclic) bond motifs is 1. The molecule has 2 fully saturated rings. The van der Waals surface area contributed by atoms with E-state index in [2.05, 4.69) is 5.32 Å². The van der Waals surface area contributed by atoms with Gasteiger partial charge in [0, 0.05) is 18.8 Å². The van der Waals surface area contributed by atoms with Crippen LogP contribution in [-0.2, 0) is 20.2 Å². The first-order chi connectivity index (χ1) is 18.8. The zero-order valence-corrected chi connectivity index (χ0v) is 23.2. The molecule has 0 saturated heterocycles. The fraction of sp³-hybridized carbons (Fsp3) is 0.387. The molecule has 3 aromatic carbocycles. The second kappa shape index (κ2) is 9.99. The van der Waals surface area contributed by atoms with E-state index in [0.717, 1.165) is 60.8 Å². The molecule has 0 radical (unpaired) electrons. The lowest BCUT2D eigenvalue weighted by atomic mass is 9.94. The first kappa shape index (κ1) is 25.9. The van der Waals surface area contributed by atoms with Gasteiger partial charge in [0.15, 0.2) is 11.5 Å². The summed E-state index contributed by atoms with van der Waals surface area (Å²) in [6.07, 6.45) is 6.73. The third-order valence-electron chi connectivity index (χ3n) is 8.54. The summed E-state index contributed by atoms with van der Waals surface area (Å²) < 4.78 is 39.0. The summed E-state index contributed by atoms with van der Waals surface area (Å²) in [7, 11) is -1.85. The van der Waals surface area contributed by atoms with Crippen LogP contribution in [0.15, 0.2) is 65.6 Å². The van der Waals surface area contributed by atoms with Crippen LogP contribution in [0.5, 0.6) is 11.5 Å². The summed E-state index contributed by atoms with van der Waals surface area (Å²) in [4.78, 5) is 13.7. The highest BCUT2D eigenvalue weighted by molar-refractivity contribution is 7.89. The molecule has 8 heteroatoms. The maximum Gasteiger partial charge on any atom is 0.243 e. The molecule has 6 rings (SSSR count). The summed E-state index contributed by atoms with van der Waals surface area (Å²) in [5.41, 5.74) is 3.98. The number of ether oxygens (including phenoxy) is 2. The Morgan fingerprint density at radius 1 is 0.923 bits per heavy atom. The lowest BCUT2D eigenvalue weighted by Gasteiger charge is -2.30. The van der Waals surface area contributed by atoms with Crippen LogP contribution in [0.4, 0.5) is 5.69 Å². The average Bonchev–Trinajstić information content (AvgIpc) is 3.64. The molecule has 204 valence electrons. The highest BCUT2D eigenvalue weighted by Crippen LogP contribution is 2.51. The molecule has 0 unspecified atom stereocenters. The van der Waals surface area contributed by atoms with Crippen LogP contribution >= 0.6 is 0 Å². The van der Waals surface area contributed by atoms with E-state index in [1.54, 1.807) is 23.5 Å². The molecule has 39 heavy (non-hydrogen) atoms. The van der Waals surface area contributed by atoms with Gasteiger partial charge in [0.2, 0.25) is 22.7 Å². The van der Waals surface area contributed by atoms with Gasteiger partial charge in [-0.2, -0.15) is 4.31 Å². The standard InChI is InChI=1S/C31H34N2O5S/c1-21-8-12-24(32-30(34)31(16-17-31)23-11-15-28-29(18-23)38-20-37-28)19-27(21)22-9-13-26(14-10-22)39(35,36)33(2)25-6-4-3-5-7-25/h8-15,18-19,25H,3-7,16-17,20H2,1-2H3,(H,32,34). The minimum Gasteiger partial charge on any atom is -0.454 e. The van der Waals surface area contributed by atoms with Crippen LogP contribution in [0.2, 0.25) is 0 Å². The Balaban J connectivity index is 1.20. The van der Waals surface area contributed by atoms with Crippen LogP contribution in [0.3, 0.4) is 0 Å². The SMILES string of the molecule is Cc1ccc(NC(=O)C2(c3ccc4c(c3)OCO4)CC2)cc1-c1ccc(S(=O)(=O)N(C)C2CCCCC2)cc1. The molecule has 0 spiro atoms. The van der Waals surface area contributed by atoms with E-state index in [4.69, 9.17) is 9.47 Å². The van der Waals surface area contributed by atoms with Gasteiger partial charge in [-0.05, 0) is 91.3 Å². The summed E-state index contributed by atoms with van der Waals surface area (Å²) >= 11 is 0. The number of aryl methyl sites for hydroxylation is 1. The number of hydrogen-bond acceptors (Lipinski definition) is 5. The van der Waals surface area contributed by atoms with Crippen molar-refractivity contribution in [3.8, 4) is 22.6 Å². The van der Waals surface area contributed by atoms with Gasteiger partial charge < -0.3 is 14.8 Å². The zero-order chi connectivity index (χ0) is 27.2. The van der Waals surface area contributed by atoms with Crippen LogP contribution < -0.4 is 14.8 Å². The zero-order valence-electron chi connectivity index (χ0n) is 22.4. The van der Waals surface area contributed by atoms with Gasteiger partial charge in [0.1, 0.15) is 0 Å². The quantitative estimate of drug-likeness (QED) is 0.392. The Morgan fingerprint density at radius 2 is 1.64 bits per heavy atom. The van der Waals surface area contributed by atoms with Crippen molar-refractivity contribution in [3.05, 3.63) is 71.8 Å². The Kier molecular flexibility index (Phi) is 6.63. The van der Waals surface area contributed by atoms with Gasteiger partial charge in [-0.3, -0.25) is 4.79 Å². The smallest absolute Gasteiger partial charge is 0.243 e. The minimum absolute atomic E-state index is 0.0386. The molecule has 0 atom stereocenters. The van der Waals surface area contributed by atoms with Crippen molar-refractivity contribution in [2.75, 3.05) is 19.2 Å². The number of amides is 1. The van der Waals surface area contributed by atoms with Crippen LogP contribution in [0, 0.1) is 6.92 Å². The predicted molar refractivity (Wildman–Crippen MR) is 151 cm³/mol. The van der Waals surface area contributed by atoms with Crippen LogP contribution in [0.1, 0.15) is 56.1 Å². The normalized spacial score (nSPS) is 18.2. The fourth-order valence-corrected chi connectivity index (χ4v) is 7.26. The number of nitrogens with one attached hydrogen (secondary N) is 1. The van der Waals surface area contributed by atoms with Gasteiger partial charge in [0.05, 0.1) is 10.3 Å². The third kappa shape index (κ3) is 4.80. The lowest BCUT2D eigenvalue weighted by molar-refractivity contribution is -0.118. The second-order valence-electron chi connectivity index (χ2n) is 11.0. The maximum absolute atomic E-state index is 13.4. The molecule has 1 amide bonds. The summed E-state index contributed by atoms with van der Waals surface area (Å²) in [6.45, 7) is 2.21. The Bertz CT molecular complexity index is 1510. The van der Waals surface area contributed by atoms with Gasteiger partial charge in [0.25, 0.3) is 0 Å². The van der Waals surface area contributed by atoms with E-state index >= 15 is 0 Å². The minimum atomic E-state index is -3.55. The van der Waals surface area contributed by atoms with Crippen molar-refractivity contribution in [1.82, 2.24) is 4.31 Å². The molecule has 1 heterocycles. The Hall–Kier alpha value is -3.36. The number of carbonyl (C=O) groups excluding carboxylic acids is 1. The van der Waals surface area contributed by atoms with E-state index < -0.39 is 15.4 Å². The van der Waals surface area contributed by atoms with Crippen molar-refractivity contribution in [2.45, 2.75) is 68.2 Å². The highest BCUT2D eigenvalue weighted by atomic mass is 32.2. The molecule has 3 aliphatic rings. The number of sulfonamides is 1. The van der Waals surface area contributed by atoms with Crippen LogP contribution in [-0.4, -0.2) is 38.5 Å². The largest absolute Gasteiger partial charge is 0.454 e. The van der Waals surface area contributed by atoms with Gasteiger partial charge in [-0.25, -0.2) is 8.42 Å². The van der Waals surface area contributed by atoms with Crippen molar-refractivity contribution in [2.24, 2.45) is 0 Å². The highest BCUT2D eigenvalue weighted by Gasteiger charge is 2.51. The number of nitrogens with zero attached hydrogens (tertiary/aromatic N) is 1. The molecule has 1 N–H and O–H groups in total. The molecular weight excluding hydrogens is 512 g/mol. The fourth-order valence-electron chi connectivity index (χ4n) is 5.84. The van der Waals surface area contributed by atoms with Crippen molar-refractivity contribution in [1.29, 1.82) is 0 Å². The molecule has 0 aromatic heterocycles. The van der Waals surface area contributed by atoms with Gasteiger partial charge in [-0.1, -0.05) is 43.5 Å². The Morgan fingerprint density at radius 3 is 2.36 bits per heavy atom. The number of carbonyl (C=O) groups is 1. The number of hydrogen-bond donors (Lipinski definition) is 1.